The van der Waals surface area contributed by atoms with Gasteiger partial charge in [-0.05, 0) is 75.2 Å². The number of benzene rings is 2. The van der Waals surface area contributed by atoms with Gasteiger partial charge in [0, 0.05) is 6.42 Å². The fourth-order valence-corrected chi connectivity index (χ4v) is 3.33. The topological polar surface area (TPSA) is 124 Å². The highest BCUT2D eigenvalue weighted by molar-refractivity contribution is 6.18. The summed E-state index contributed by atoms with van der Waals surface area (Å²) in [4.78, 5) is 48.5. The summed E-state index contributed by atoms with van der Waals surface area (Å²) in [6, 6.07) is 13.8. The van der Waals surface area contributed by atoms with Gasteiger partial charge in [0.1, 0.15) is 22.6 Å². The second kappa shape index (κ2) is 17.9. The van der Waals surface area contributed by atoms with Crippen LogP contribution in [-0.2, 0) is 38.1 Å². The Labute approximate surface area is 239 Å². The Morgan fingerprint density at radius 1 is 0.512 bits per heavy atom. The maximum atomic E-state index is 12.1. The van der Waals surface area contributed by atoms with Gasteiger partial charge >= 0.3 is 23.9 Å². The lowest BCUT2D eigenvalue weighted by Gasteiger charge is -2.09. The quantitative estimate of drug-likeness (QED) is 0.0711. The Morgan fingerprint density at radius 3 is 1.07 bits per heavy atom. The highest BCUT2D eigenvalue weighted by Gasteiger charge is 2.22. The zero-order chi connectivity index (χ0) is 30.0. The molecule has 2 aromatic rings. The summed E-state index contributed by atoms with van der Waals surface area (Å²) in [5.74, 6) is -1.73. The van der Waals surface area contributed by atoms with E-state index in [-0.39, 0.29) is 37.6 Å². The van der Waals surface area contributed by atoms with Crippen molar-refractivity contribution < 1.29 is 47.6 Å². The summed E-state index contributed by atoms with van der Waals surface area (Å²) < 4.78 is 31.3. The van der Waals surface area contributed by atoms with Crippen molar-refractivity contribution >= 4 is 36.0 Å². The summed E-state index contributed by atoms with van der Waals surface area (Å²) >= 11 is 0. The average Bonchev–Trinajstić information content (AvgIpc) is 2.96. The van der Waals surface area contributed by atoms with Crippen molar-refractivity contribution in [3.63, 3.8) is 0 Å². The summed E-state index contributed by atoms with van der Waals surface area (Å²) in [6.45, 7) is 8.00. The first-order valence-electron chi connectivity index (χ1n) is 13.4. The van der Waals surface area contributed by atoms with E-state index >= 15 is 0 Å². The van der Waals surface area contributed by atoms with E-state index in [1.165, 1.54) is 12.2 Å². The molecule has 0 saturated heterocycles. The molecule has 0 spiro atoms. The van der Waals surface area contributed by atoms with Crippen molar-refractivity contribution in [2.75, 3.05) is 39.6 Å². The summed E-state index contributed by atoms with van der Waals surface area (Å²) in [6.07, 6.45) is 3.45. The first-order valence-corrected chi connectivity index (χ1v) is 13.4. The van der Waals surface area contributed by atoms with E-state index < -0.39 is 23.9 Å². The number of hydrogen-bond acceptors (Lipinski definition) is 10. The van der Waals surface area contributed by atoms with Crippen LogP contribution >= 0.6 is 0 Å². The van der Waals surface area contributed by atoms with E-state index in [0.29, 0.717) is 42.3 Å². The number of esters is 4. The van der Waals surface area contributed by atoms with Crippen molar-refractivity contribution in [3.8, 4) is 11.5 Å². The molecule has 0 atom stereocenters. The fraction of sp³-hybridized carbons (Fsp3) is 0.355. The van der Waals surface area contributed by atoms with Crippen LogP contribution < -0.4 is 9.47 Å². The van der Waals surface area contributed by atoms with Gasteiger partial charge in [0.05, 0.1) is 39.6 Å². The van der Waals surface area contributed by atoms with Crippen LogP contribution in [0.4, 0.5) is 0 Å². The van der Waals surface area contributed by atoms with E-state index in [4.69, 9.17) is 28.4 Å². The summed E-state index contributed by atoms with van der Waals surface area (Å²) in [5.41, 5.74) is 0.877. The van der Waals surface area contributed by atoms with E-state index in [0.717, 1.165) is 0 Å². The van der Waals surface area contributed by atoms with Crippen molar-refractivity contribution in [2.24, 2.45) is 0 Å². The zero-order valence-corrected chi connectivity index (χ0v) is 23.8. The molecule has 0 aromatic heterocycles. The lowest BCUT2D eigenvalue weighted by molar-refractivity contribution is -0.148. The van der Waals surface area contributed by atoms with Gasteiger partial charge in [0.25, 0.3) is 0 Å². The molecule has 220 valence electrons. The third-order valence-electron chi connectivity index (χ3n) is 5.19. The van der Waals surface area contributed by atoms with E-state index in [1.807, 2.05) is 0 Å². The smallest absolute Gasteiger partial charge is 0.345 e. The SMILES string of the molecule is CCOC(=O)C(=Cc1ccc(OCCCOc2ccc(C=C(C(=O)OCC)C(=O)OCC)cc2)cc1)C(=O)OCC. The third kappa shape index (κ3) is 11.2. The molecular formula is C31H36O10. The molecular weight excluding hydrogens is 532 g/mol. The molecule has 41 heavy (non-hydrogen) atoms. The summed E-state index contributed by atoms with van der Waals surface area (Å²) in [5, 5.41) is 0. The standard InChI is InChI=1S/C31H36O10/c1-5-36-28(32)26(29(33)37-6-2)20-22-10-14-24(15-11-22)40-18-9-19-41-25-16-12-23(13-17-25)21-27(30(34)38-7-3)31(35)39-8-4/h10-17,20-21H,5-9,18-19H2,1-4H3. The van der Waals surface area contributed by atoms with Crippen LogP contribution in [0.5, 0.6) is 11.5 Å². The van der Waals surface area contributed by atoms with Gasteiger partial charge in [-0.3, -0.25) is 0 Å². The number of carbonyl (C=O) groups is 4. The van der Waals surface area contributed by atoms with Crippen molar-refractivity contribution in [1.29, 1.82) is 0 Å². The van der Waals surface area contributed by atoms with E-state index in [9.17, 15) is 19.2 Å². The van der Waals surface area contributed by atoms with Crippen molar-refractivity contribution in [1.82, 2.24) is 0 Å². The Kier molecular flexibility index (Phi) is 14.2. The monoisotopic (exact) mass is 568 g/mol. The minimum atomic E-state index is -0.740. The summed E-state index contributed by atoms with van der Waals surface area (Å²) in [7, 11) is 0. The van der Waals surface area contributed by atoms with Gasteiger partial charge < -0.3 is 28.4 Å². The van der Waals surface area contributed by atoms with Crippen LogP contribution in [0.2, 0.25) is 0 Å². The molecule has 0 aliphatic carbocycles. The van der Waals surface area contributed by atoms with E-state index in [2.05, 4.69) is 0 Å². The Morgan fingerprint density at radius 2 is 0.805 bits per heavy atom. The molecule has 0 radical (unpaired) electrons. The second-order valence-electron chi connectivity index (χ2n) is 8.19. The largest absolute Gasteiger partial charge is 0.493 e. The third-order valence-corrected chi connectivity index (χ3v) is 5.19. The highest BCUT2D eigenvalue weighted by Crippen LogP contribution is 2.18. The fourth-order valence-electron chi connectivity index (χ4n) is 3.33. The van der Waals surface area contributed by atoms with Gasteiger partial charge in [-0.25, -0.2) is 19.2 Å². The maximum absolute atomic E-state index is 12.1. The number of rotatable bonds is 16. The van der Waals surface area contributed by atoms with Gasteiger partial charge in [0.2, 0.25) is 0 Å². The van der Waals surface area contributed by atoms with Crippen molar-refractivity contribution in [2.45, 2.75) is 34.1 Å². The Balaban J connectivity index is 1.88. The molecule has 0 amide bonds. The van der Waals surface area contributed by atoms with Crippen molar-refractivity contribution in [3.05, 3.63) is 70.8 Å². The molecule has 0 aliphatic rings. The molecule has 0 N–H and O–H groups in total. The lowest BCUT2D eigenvalue weighted by Crippen LogP contribution is -2.18. The van der Waals surface area contributed by atoms with Gasteiger partial charge in [-0.2, -0.15) is 0 Å². The molecule has 0 fully saturated rings. The minimum Gasteiger partial charge on any atom is -0.493 e. The molecule has 0 heterocycles. The molecule has 2 aromatic carbocycles. The minimum absolute atomic E-state index is 0.143. The molecule has 10 nitrogen and oxygen atoms in total. The van der Waals surface area contributed by atoms with Crippen LogP contribution in [0.3, 0.4) is 0 Å². The molecule has 2 rings (SSSR count). The van der Waals surface area contributed by atoms with Crippen LogP contribution in [-0.4, -0.2) is 63.5 Å². The van der Waals surface area contributed by atoms with Gasteiger partial charge in [0.15, 0.2) is 0 Å². The predicted octanol–water partition coefficient (Wildman–Crippen LogP) is 4.55. The predicted molar refractivity (Wildman–Crippen MR) is 151 cm³/mol. The molecule has 0 saturated carbocycles. The number of carbonyl (C=O) groups excluding carboxylic acids is 4. The first kappa shape index (κ1) is 32.6. The maximum Gasteiger partial charge on any atom is 0.345 e. The molecule has 0 aliphatic heterocycles. The normalized spacial score (nSPS) is 10.0. The number of hydrogen-bond donors (Lipinski definition) is 0. The van der Waals surface area contributed by atoms with Gasteiger partial charge in [-0.1, -0.05) is 24.3 Å². The zero-order valence-electron chi connectivity index (χ0n) is 23.8. The van der Waals surface area contributed by atoms with Crippen LogP contribution in [0, 0.1) is 0 Å². The average molecular weight is 569 g/mol. The Hall–Kier alpha value is -4.60. The van der Waals surface area contributed by atoms with E-state index in [1.54, 1.807) is 76.2 Å². The van der Waals surface area contributed by atoms with Crippen LogP contribution in [0.25, 0.3) is 12.2 Å². The molecule has 0 unspecified atom stereocenters. The lowest BCUT2D eigenvalue weighted by atomic mass is 10.1. The second-order valence-corrected chi connectivity index (χ2v) is 8.19. The number of ether oxygens (including phenoxy) is 6. The molecule has 10 heteroatoms. The molecule has 0 bridgehead atoms. The first-order chi connectivity index (χ1) is 19.8. The van der Waals surface area contributed by atoms with Gasteiger partial charge in [-0.15, -0.1) is 0 Å². The Bertz CT molecular complexity index is 1070. The van der Waals surface area contributed by atoms with Crippen LogP contribution in [0.15, 0.2) is 59.7 Å². The highest BCUT2D eigenvalue weighted by atomic mass is 16.6. The van der Waals surface area contributed by atoms with Crippen LogP contribution in [0.1, 0.15) is 45.2 Å².